The Morgan fingerprint density at radius 1 is 1.20 bits per heavy atom. The van der Waals surface area contributed by atoms with Crippen LogP contribution in [-0.4, -0.2) is 69.8 Å². The van der Waals surface area contributed by atoms with E-state index in [1.807, 2.05) is 17.0 Å². The molecule has 1 saturated heterocycles. The van der Waals surface area contributed by atoms with Crippen LogP contribution < -0.4 is 0 Å². The minimum atomic E-state index is 0.0324. The molecule has 1 unspecified atom stereocenters. The summed E-state index contributed by atoms with van der Waals surface area (Å²) in [6, 6.07) is 7.44. The normalized spacial score (nSPS) is 16.8. The number of carbonyl (C=O) groups is 1. The molecule has 0 bridgehead atoms. The van der Waals surface area contributed by atoms with E-state index in [9.17, 15) is 9.90 Å². The minimum Gasteiger partial charge on any atom is -0.421 e. The van der Waals surface area contributed by atoms with Gasteiger partial charge >= 0.3 is 0 Å². The number of aliphatic hydroxyl groups is 1. The summed E-state index contributed by atoms with van der Waals surface area (Å²) in [7, 11) is 0. The fraction of sp³-hybridized carbons (Fsp3) is 0.500. The molecule has 25 heavy (non-hydrogen) atoms. The van der Waals surface area contributed by atoms with E-state index >= 15 is 0 Å². The van der Waals surface area contributed by atoms with Crippen LogP contribution in [0.15, 0.2) is 28.7 Å². The molecule has 1 atom stereocenters. The Hall–Kier alpha value is -2.25. The number of aliphatic hydroxyl groups excluding tert-OH is 1. The number of aromatic nitrogens is 2. The third-order valence-corrected chi connectivity index (χ3v) is 4.70. The fourth-order valence-corrected chi connectivity index (χ4v) is 3.14. The molecule has 0 radical (unpaired) electrons. The van der Waals surface area contributed by atoms with Crippen LogP contribution in [0.5, 0.6) is 0 Å². The number of aryl methyl sites for hydroxylation is 1. The van der Waals surface area contributed by atoms with Crippen LogP contribution in [-0.2, 0) is 0 Å². The summed E-state index contributed by atoms with van der Waals surface area (Å²) < 4.78 is 5.40. The van der Waals surface area contributed by atoms with E-state index in [4.69, 9.17) is 4.42 Å². The second kappa shape index (κ2) is 7.76. The van der Waals surface area contributed by atoms with Crippen LogP contribution in [0.4, 0.5) is 0 Å². The van der Waals surface area contributed by atoms with E-state index in [-0.39, 0.29) is 18.6 Å². The molecule has 1 aromatic heterocycles. The predicted octanol–water partition coefficient (Wildman–Crippen LogP) is 1.57. The lowest BCUT2D eigenvalue weighted by Gasteiger charge is -2.38. The highest BCUT2D eigenvalue weighted by molar-refractivity contribution is 5.94. The Morgan fingerprint density at radius 3 is 2.40 bits per heavy atom. The van der Waals surface area contributed by atoms with Crippen molar-refractivity contribution in [2.75, 3.05) is 32.8 Å². The number of carbonyl (C=O) groups excluding carboxylic acids is 1. The summed E-state index contributed by atoms with van der Waals surface area (Å²) in [5, 5.41) is 17.2. The molecule has 1 aliphatic rings. The monoisotopic (exact) mass is 344 g/mol. The summed E-state index contributed by atoms with van der Waals surface area (Å²) in [6.45, 7) is 6.94. The van der Waals surface area contributed by atoms with Crippen molar-refractivity contribution in [3.05, 3.63) is 35.7 Å². The number of hydrogen-bond acceptors (Lipinski definition) is 6. The first kappa shape index (κ1) is 17.6. The van der Waals surface area contributed by atoms with Gasteiger partial charge in [0.25, 0.3) is 5.91 Å². The number of rotatable bonds is 5. The second-order valence-corrected chi connectivity index (χ2v) is 6.28. The molecule has 1 fully saturated rings. The average Bonchev–Trinajstić information content (AvgIpc) is 3.09. The molecule has 1 N–H and O–H groups in total. The van der Waals surface area contributed by atoms with Crippen LogP contribution in [0, 0.1) is 6.92 Å². The summed E-state index contributed by atoms with van der Waals surface area (Å²) in [5.41, 5.74) is 1.46. The number of amides is 1. The first-order chi connectivity index (χ1) is 12.1. The molecule has 0 saturated carbocycles. The molecule has 0 spiro atoms. The zero-order valence-electron chi connectivity index (χ0n) is 14.7. The molecule has 1 aliphatic heterocycles. The van der Waals surface area contributed by atoms with Crippen molar-refractivity contribution < 1.29 is 14.3 Å². The third-order valence-electron chi connectivity index (χ3n) is 4.70. The number of piperazine rings is 1. The van der Waals surface area contributed by atoms with Crippen molar-refractivity contribution in [1.29, 1.82) is 0 Å². The van der Waals surface area contributed by atoms with Gasteiger partial charge in [0.2, 0.25) is 11.8 Å². The van der Waals surface area contributed by atoms with Gasteiger partial charge in [0, 0.05) is 50.3 Å². The van der Waals surface area contributed by atoms with Gasteiger partial charge in [0.1, 0.15) is 0 Å². The summed E-state index contributed by atoms with van der Waals surface area (Å²) in [4.78, 5) is 16.8. The largest absolute Gasteiger partial charge is 0.421 e. The van der Waals surface area contributed by atoms with E-state index in [0.717, 1.165) is 25.1 Å². The molecule has 0 aliphatic carbocycles. The van der Waals surface area contributed by atoms with Gasteiger partial charge in [-0.2, -0.15) is 0 Å². The Kier molecular flexibility index (Phi) is 5.45. The van der Waals surface area contributed by atoms with E-state index in [0.29, 0.717) is 30.4 Å². The number of hydrogen-bond donors (Lipinski definition) is 1. The zero-order chi connectivity index (χ0) is 17.8. The lowest BCUT2D eigenvalue weighted by atomic mass is 10.1. The Bertz CT molecular complexity index is 701. The molecule has 1 aromatic carbocycles. The number of nitrogens with zero attached hydrogens (tertiary/aromatic N) is 4. The topological polar surface area (TPSA) is 82.7 Å². The standard InChI is InChI=1S/C18H24N4O3/c1-3-16(12-23)21-8-10-22(11-9-21)18(24)15-6-4-14(5-7-15)17-20-19-13(2)25-17/h4-7,16,23H,3,8-12H2,1-2H3. The van der Waals surface area contributed by atoms with Gasteiger partial charge in [-0.05, 0) is 30.7 Å². The van der Waals surface area contributed by atoms with Crippen molar-refractivity contribution in [1.82, 2.24) is 20.0 Å². The van der Waals surface area contributed by atoms with Crippen molar-refractivity contribution in [3.8, 4) is 11.5 Å². The lowest BCUT2D eigenvalue weighted by molar-refractivity contribution is 0.0472. The highest BCUT2D eigenvalue weighted by atomic mass is 16.4. The third kappa shape index (κ3) is 3.88. The van der Waals surface area contributed by atoms with Crippen LogP contribution in [0.25, 0.3) is 11.5 Å². The Labute approximate surface area is 147 Å². The average molecular weight is 344 g/mol. The quantitative estimate of drug-likeness (QED) is 0.887. The maximum Gasteiger partial charge on any atom is 0.253 e. The highest BCUT2D eigenvalue weighted by Crippen LogP contribution is 2.19. The SMILES string of the molecule is CCC(CO)N1CCN(C(=O)c2ccc(-c3nnc(C)o3)cc2)CC1. The summed E-state index contributed by atoms with van der Waals surface area (Å²) >= 11 is 0. The fourth-order valence-electron chi connectivity index (χ4n) is 3.14. The minimum absolute atomic E-state index is 0.0324. The van der Waals surface area contributed by atoms with Gasteiger partial charge in [0.15, 0.2) is 0 Å². The molecule has 134 valence electrons. The molecule has 7 heteroatoms. The van der Waals surface area contributed by atoms with Crippen molar-refractivity contribution in [2.45, 2.75) is 26.3 Å². The van der Waals surface area contributed by atoms with Crippen molar-refractivity contribution >= 4 is 5.91 Å². The van der Waals surface area contributed by atoms with Gasteiger partial charge < -0.3 is 14.4 Å². The molecule has 2 heterocycles. The van der Waals surface area contributed by atoms with Crippen LogP contribution in [0.2, 0.25) is 0 Å². The molecule has 3 rings (SSSR count). The summed E-state index contributed by atoms with van der Waals surface area (Å²) in [6.07, 6.45) is 0.918. The van der Waals surface area contributed by atoms with E-state index in [2.05, 4.69) is 22.0 Å². The van der Waals surface area contributed by atoms with E-state index < -0.39 is 0 Å². The molecule has 1 amide bonds. The maximum absolute atomic E-state index is 12.7. The van der Waals surface area contributed by atoms with Gasteiger partial charge in [-0.25, -0.2) is 0 Å². The maximum atomic E-state index is 12.7. The lowest BCUT2D eigenvalue weighted by Crippen LogP contribution is -2.52. The van der Waals surface area contributed by atoms with Crippen LogP contribution in [0.1, 0.15) is 29.6 Å². The van der Waals surface area contributed by atoms with Gasteiger partial charge in [-0.1, -0.05) is 6.92 Å². The Balaban J connectivity index is 1.62. The Morgan fingerprint density at radius 2 is 1.88 bits per heavy atom. The molecular weight excluding hydrogens is 320 g/mol. The number of benzene rings is 1. The second-order valence-electron chi connectivity index (χ2n) is 6.28. The first-order valence-corrected chi connectivity index (χ1v) is 8.67. The molecular formula is C18H24N4O3. The van der Waals surface area contributed by atoms with Crippen molar-refractivity contribution in [3.63, 3.8) is 0 Å². The van der Waals surface area contributed by atoms with Gasteiger partial charge in [0.05, 0.1) is 6.61 Å². The van der Waals surface area contributed by atoms with E-state index in [1.165, 1.54) is 0 Å². The van der Waals surface area contributed by atoms with E-state index in [1.54, 1.807) is 19.1 Å². The molecule has 7 nitrogen and oxygen atoms in total. The van der Waals surface area contributed by atoms with Crippen LogP contribution in [0.3, 0.4) is 0 Å². The summed E-state index contributed by atoms with van der Waals surface area (Å²) in [5.74, 6) is 1.01. The van der Waals surface area contributed by atoms with Crippen molar-refractivity contribution in [2.24, 2.45) is 0 Å². The predicted molar refractivity (Wildman–Crippen MR) is 93.1 cm³/mol. The first-order valence-electron chi connectivity index (χ1n) is 8.67. The van der Waals surface area contributed by atoms with Gasteiger partial charge in [-0.15, -0.1) is 10.2 Å². The zero-order valence-corrected chi connectivity index (χ0v) is 14.7. The smallest absolute Gasteiger partial charge is 0.253 e. The molecule has 2 aromatic rings. The highest BCUT2D eigenvalue weighted by Gasteiger charge is 2.25. The van der Waals surface area contributed by atoms with Gasteiger partial charge in [-0.3, -0.25) is 9.69 Å². The van der Waals surface area contributed by atoms with Crippen LogP contribution >= 0.6 is 0 Å².